The van der Waals surface area contributed by atoms with Gasteiger partial charge in [0.1, 0.15) is 11.9 Å². The number of ether oxygens (including phenoxy) is 2. The molecule has 29 heavy (non-hydrogen) atoms. The van der Waals surface area contributed by atoms with Crippen LogP contribution in [0.1, 0.15) is 30.9 Å². The molecule has 2 aromatic rings. The number of benzene rings is 1. The average Bonchev–Trinajstić information content (AvgIpc) is 3.08. The van der Waals surface area contributed by atoms with Crippen molar-refractivity contribution >= 4 is 5.82 Å². The van der Waals surface area contributed by atoms with Gasteiger partial charge in [0.25, 0.3) is 0 Å². The second-order valence-electron chi connectivity index (χ2n) is 8.61. The van der Waals surface area contributed by atoms with Gasteiger partial charge in [-0.1, -0.05) is 19.1 Å². The van der Waals surface area contributed by atoms with Crippen LogP contribution in [0.25, 0.3) is 0 Å². The van der Waals surface area contributed by atoms with Crippen LogP contribution in [0.15, 0.2) is 36.5 Å². The summed E-state index contributed by atoms with van der Waals surface area (Å²) in [6.07, 6.45) is 1.61. The number of rotatable bonds is 6. The van der Waals surface area contributed by atoms with Gasteiger partial charge in [-0.15, -0.1) is 0 Å². The van der Waals surface area contributed by atoms with Crippen LogP contribution in [0.2, 0.25) is 0 Å². The number of pyridine rings is 1. The Hall–Kier alpha value is -2.31. The smallest absolute Gasteiger partial charge is 0.162 e. The van der Waals surface area contributed by atoms with Crippen molar-refractivity contribution in [3.05, 3.63) is 47.7 Å². The number of anilines is 1. The first kappa shape index (κ1) is 20.0. The summed E-state index contributed by atoms with van der Waals surface area (Å²) < 4.78 is 11.8. The third-order valence-electron chi connectivity index (χ3n) is 6.56. The average molecular weight is 398 g/mol. The van der Waals surface area contributed by atoms with Crippen LogP contribution in [-0.2, 0) is 0 Å². The maximum Gasteiger partial charge on any atom is 0.162 e. The standard InChI is InChI=1S/C23H31N3O3/c1-15-5-8-22(25-10-15)26-12-18(13-26)29-21-9-17(6-7-20(21)28-4)19-11-24-14-23(19,3)16(2)27/h5-10,16,18-19,24,27H,11-14H2,1-4H3/t16?,19-,23-/m0/s1. The van der Waals surface area contributed by atoms with E-state index < -0.39 is 6.10 Å². The number of aryl methyl sites for hydroxylation is 1. The Labute approximate surface area is 172 Å². The third-order valence-corrected chi connectivity index (χ3v) is 6.56. The van der Waals surface area contributed by atoms with Crippen LogP contribution in [0.5, 0.6) is 11.5 Å². The summed E-state index contributed by atoms with van der Waals surface area (Å²) in [5, 5.41) is 13.8. The summed E-state index contributed by atoms with van der Waals surface area (Å²) in [5.41, 5.74) is 2.13. The molecule has 4 rings (SSSR count). The molecule has 6 nitrogen and oxygen atoms in total. The Bertz CT molecular complexity index is 849. The van der Waals surface area contributed by atoms with Crippen molar-refractivity contribution in [3.8, 4) is 11.5 Å². The van der Waals surface area contributed by atoms with Crippen LogP contribution >= 0.6 is 0 Å². The van der Waals surface area contributed by atoms with E-state index in [9.17, 15) is 5.11 Å². The van der Waals surface area contributed by atoms with E-state index in [1.54, 1.807) is 7.11 Å². The highest BCUT2D eigenvalue weighted by Crippen LogP contribution is 2.44. The van der Waals surface area contributed by atoms with E-state index >= 15 is 0 Å². The van der Waals surface area contributed by atoms with E-state index in [-0.39, 0.29) is 17.4 Å². The summed E-state index contributed by atoms with van der Waals surface area (Å²) in [6.45, 7) is 9.33. The quantitative estimate of drug-likeness (QED) is 0.781. The number of nitrogens with zero attached hydrogens (tertiary/aromatic N) is 2. The van der Waals surface area contributed by atoms with Crippen LogP contribution in [0.3, 0.4) is 0 Å². The lowest BCUT2D eigenvalue weighted by molar-refractivity contribution is 0.0548. The maximum atomic E-state index is 10.4. The molecule has 0 saturated carbocycles. The van der Waals surface area contributed by atoms with Gasteiger partial charge >= 0.3 is 0 Å². The van der Waals surface area contributed by atoms with Crippen LogP contribution in [0.4, 0.5) is 5.82 Å². The topological polar surface area (TPSA) is 66.8 Å². The normalized spacial score (nSPS) is 25.6. The first-order chi connectivity index (χ1) is 13.9. The molecule has 1 aromatic carbocycles. The molecule has 0 aliphatic carbocycles. The van der Waals surface area contributed by atoms with E-state index in [0.29, 0.717) is 0 Å². The first-order valence-electron chi connectivity index (χ1n) is 10.3. The molecule has 1 aromatic heterocycles. The lowest BCUT2D eigenvalue weighted by Gasteiger charge is -2.40. The number of nitrogens with one attached hydrogen (secondary N) is 1. The second kappa shape index (κ2) is 7.84. The molecule has 2 aliphatic rings. The predicted molar refractivity (Wildman–Crippen MR) is 114 cm³/mol. The number of aromatic nitrogens is 1. The van der Waals surface area contributed by atoms with Crippen molar-refractivity contribution in [3.63, 3.8) is 0 Å². The van der Waals surface area contributed by atoms with Gasteiger partial charge < -0.3 is 24.8 Å². The zero-order chi connectivity index (χ0) is 20.6. The zero-order valence-corrected chi connectivity index (χ0v) is 17.7. The van der Waals surface area contributed by atoms with Crippen molar-refractivity contribution in [2.24, 2.45) is 5.41 Å². The number of aliphatic hydroxyl groups excluding tert-OH is 1. The monoisotopic (exact) mass is 397 g/mol. The summed E-state index contributed by atoms with van der Waals surface area (Å²) in [6, 6.07) is 10.3. The Morgan fingerprint density at radius 2 is 2.03 bits per heavy atom. The van der Waals surface area contributed by atoms with Gasteiger partial charge in [0.05, 0.1) is 26.3 Å². The van der Waals surface area contributed by atoms with Crippen molar-refractivity contribution in [2.75, 3.05) is 38.2 Å². The Balaban J connectivity index is 1.48. The highest BCUT2D eigenvalue weighted by Gasteiger charge is 2.43. The molecular weight excluding hydrogens is 366 g/mol. The van der Waals surface area contributed by atoms with E-state index in [2.05, 4.69) is 46.4 Å². The van der Waals surface area contributed by atoms with Crippen molar-refractivity contribution in [1.29, 1.82) is 0 Å². The summed E-state index contributed by atoms with van der Waals surface area (Å²) in [4.78, 5) is 6.70. The fraction of sp³-hybridized carbons (Fsp3) is 0.522. The molecule has 2 N–H and O–H groups in total. The van der Waals surface area contributed by atoms with Gasteiger partial charge in [0, 0.05) is 30.6 Å². The van der Waals surface area contributed by atoms with Gasteiger partial charge in [-0.2, -0.15) is 0 Å². The van der Waals surface area contributed by atoms with E-state index in [1.807, 2.05) is 26.1 Å². The van der Waals surface area contributed by atoms with Crippen molar-refractivity contribution in [1.82, 2.24) is 10.3 Å². The minimum Gasteiger partial charge on any atom is -0.493 e. The predicted octanol–water partition coefficient (Wildman–Crippen LogP) is 2.74. The molecule has 6 heteroatoms. The highest BCUT2D eigenvalue weighted by atomic mass is 16.5. The maximum absolute atomic E-state index is 10.4. The molecule has 3 atom stereocenters. The molecule has 0 amide bonds. The van der Waals surface area contributed by atoms with Crippen molar-refractivity contribution in [2.45, 2.75) is 38.9 Å². The Morgan fingerprint density at radius 3 is 2.69 bits per heavy atom. The number of methoxy groups -OCH3 is 1. The molecule has 3 heterocycles. The fourth-order valence-electron chi connectivity index (χ4n) is 4.31. The molecule has 0 radical (unpaired) electrons. The molecule has 2 fully saturated rings. The third kappa shape index (κ3) is 3.79. The minimum absolute atomic E-state index is 0.104. The molecule has 156 valence electrons. The Morgan fingerprint density at radius 1 is 1.24 bits per heavy atom. The second-order valence-corrected chi connectivity index (χ2v) is 8.61. The molecular formula is C23H31N3O3. The molecule has 0 bridgehead atoms. The minimum atomic E-state index is -0.392. The highest BCUT2D eigenvalue weighted by molar-refractivity contribution is 5.47. The van der Waals surface area contributed by atoms with E-state index in [1.165, 1.54) is 5.56 Å². The van der Waals surface area contributed by atoms with Gasteiger partial charge in [-0.3, -0.25) is 0 Å². The number of hydrogen-bond donors (Lipinski definition) is 2. The molecule has 1 unspecified atom stereocenters. The molecule has 0 spiro atoms. The summed E-state index contributed by atoms with van der Waals surface area (Å²) >= 11 is 0. The summed E-state index contributed by atoms with van der Waals surface area (Å²) in [5.74, 6) is 2.73. The summed E-state index contributed by atoms with van der Waals surface area (Å²) in [7, 11) is 1.67. The lowest BCUT2D eigenvalue weighted by atomic mass is 9.72. The SMILES string of the molecule is COc1ccc([C@@H]2CNC[C@@]2(C)C(C)O)cc1OC1CN(c2ccc(C)cn2)C1. The van der Waals surface area contributed by atoms with E-state index in [0.717, 1.165) is 49.1 Å². The van der Waals surface area contributed by atoms with Gasteiger partial charge in [0.2, 0.25) is 0 Å². The first-order valence-corrected chi connectivity index (χ1v) is 10.3. The zero-order valence-electron chi connectivity index (χ0n) is 17.7. The van der Waals surface area contributed by atoms with Gasteiger partial charge in [-0.25, -0.2) is 4.98 Å². The fourth-order valence-corrected chi connectivity index (χ4v) is 4.31. The molecule has 2 saturated heterocycles. The number of aliphatic hydroxyl groups is 1. The van der Waals surface area contributed by atoms with Gasteiger partial charge in [0.15, 0.2) is 11.5 Å². The van der Waals surface area contributed by atoms with E-state index in [4.69, 9.17) is 9.47 Å². The Kier molecular flexibility index (Phi) is 5.40. The van der Waals surface area contributed by atoms with Crippen molar-refractivity contribution < 1.29 is 14.6 Å². The van der Waals surface area contributed by atoms with Crippen LogP contribution < -0.4 is 19.7 Å². The van der Waals surface area contributed by atoms with Gasteiger partial charge in [-0.05, 0) is 43.2 Å². The van der Waals surface area contributed by atoms with Crippen LogP contribution in [0, 0.1) is 12.3 Å². The largest absolute Gasteiger partial charge is 0.493 e. The lowest BCUT2D eigenvalue weighted by Crippen LogP contribution is -2.54. The van der Waals surface area contributed by atoms with Crippen LogP contribution in [-0.4, -0.2) is 55.6 Å². The number of hydrogen-bond acceptors (Lipinski definition) is 6. The molecule has 2 aliphatic heterocycles.